The molecule has 0 spiro atoms. The molecule has 0 atom stereocenters. The lowest BCUT2D eigenvalue weighted by atomic mass is 10.1. The quantitative estimate of drug-likeness (QED) is 0.610. The van der Waals surface area contributed by atoms with Crippen LogP contribution < -0.4 is 11.1 Å². The Balaban J connectivity index is 2.21. The molecular formula is C15H14BrClN2O2. The normalized spacial score (nSPS) is 10.2. The summed E-state index contributed by atoms with van der Waals surface area (Å²) in [7, 11) is 0. The number of carbonyl (C=O) groups is 1. The molecule has 0 bridgehead atoms. The Morgan fingerprint density at radius 3 is 2.71 bits per heavy atom. The number of nitrogens with one attached hydrogen (secondary N) is 1. The van der Waals surface area contributed by atoms with E-state index < -0.39 is 0 Å². The second-order valence-corrected chi connectivity index (χ2v) is 5.54. The van der Waals surface area contributed by atoms with Crippen molar-refractivity contribution in [3.63, 3.8) is 0 Å². The minimum absolute atomic E-state index is 0.331. The van der Waals surface area contributed by atoms with Crippen molar-refractivity contribution < 1.29 is 9.53 Å². The van der Waals surface area contributed by atoms with E-state index in [-0.39, 0.29) is 5.97 Å². The van der Waals surface area contributed by atoms with Gasteiger partial charge in [0.05, 0.1) is 28.6 Å². The summed E-state index contributed by atoms with van der Waals surface area (Å²) in [4.78, 5) is 11.6. The minimum Gasteiger partial charge on any atom is -0.462 e. The number of esters is 1. The van der Waals surface area contributed by atoms with Gasteiger partial charge in [0.2, 0.25) is 0 Å². The van der Waals surface area contributed by atoms with E-state index in [9.17, 15) is 4.79 Å². The lowest BCUT2D eigenvalue weighted by Gasteiger charge is -2.11. The third-order valence-corrected chi connectivity index (χ3v) is 3.98. The van der Waals surface area contributed by atoms with Crippen LogP contribution in [0.15, 0.2) is 40.9 Å². The molecule has 6 heteroatoms. The van der Waals surface area contributed by atoms with Crippen molar-refractivity contribution in [2.24, 2.45) is 0 Å². The Labute approximate surface area is 136 Å². The molecule has 21 heavy (non-hydrogen) atoms. The molecule has 2 aromatic carbocycles. The van der Waals surface area contributed by atoms with Gasteiger partial charge in [0, 0.05) is 10.2 Å². The molecule has 2 rings (SSSR count). The molecule has 0 saturated heterocycles. The Hall–Kier alpha value is -1.72. The average molecular weight is 370 g/mol. The van der Waals surface area contributed by atoms with Crippen LogP contribution in [-0.4, -0.2) is 12.6 Å². The first-order valence-corrected chi connectivity index (χ1v) is 7.47. The molecule has 0 amide bonds. The zero-order chi connectivity index (χ0) is 15.4. The number of halogens is 2. The maximum Gasteiger partial charge on any atom is 0.338 e. The molecular weight excluding hydrogens is 356 g/mol. The molecule has 0 radical (unpaired) electrons. The molecule has 4 nitrogen and oxygen atoms in total. The summed E-state index contributed by atoms with van der Waals surface area (Å²) in [5.74, 6) is -0.384. The van der Waals surface area contributed by atoms with E-state index >= 15 is 0 Å². The fraction of sp³-hybridized carbons (Fsp3) is 0.133. The summed E-state index contributed by atoms with van der Waals surface area (Å²) >= 11 is 9.31. The highest BCUT2D eigenvalue weighted by molar-refractivity contribution is 9.10. The van der Waals surface area contributed by atoms with E-state index in [4.69, 9.17) is 22.1 Å². The van der Waals surface area contributed by atoms with Crippen LogP contribution in [0.5, 0.6) is 0 Å². The van der Waals surface area contributed by atoms with Crippen molar-refractivity contribution in [3.05, 3.63) is 51.5 Å². The highest BCUT2D eigenvalue weighted by atomic mass is 79.9. The van der Waals surface area contributed by atoms with Gasteiger partial charge in [-0.05, 0) is 59.3 Å². The Morgan fingerprint density at radius 2 is 2.10 bits per heavy atom. The van der Waals surface area contributed by atoms with Crippen molar-refractivity contribution >= 4 is 50.6 Å². The van der Waals surface area contributed by atoms with Gasteiger partial charge < -0.3 is 15.8 Å². The van der Waals surface area contributed by atoms with Gasteiger partial charge in [0.25, 0.3) is 0 Å². The lowest BCUT2D eigenvalue weighted by molar-refractivity contribution is 0.0526. The fourth-order valence-electron chi connectivity index (χ4n) is 1.75. The first-order valence-electron chi connectivity index (χ1n) is 6.30. The standard InChI is InChI=1S/C15H14BrClN2O2/c1-2-21-15(20)9-3-6-14(13(18)7-9)19-10-4-5-12(17)11(16)8-10/h3-8,19H,2,18H2,1H3. The second-order valence-electron chi connectivity index (χ2n) is 4.28. The molecule has 110 valence electrons. The molecule has 2 aromatic rings. The van der Waals surface area contributed by atoms with Gasteiger partial charge in [0.1, 0.15) is 0 Å². The fourth-order valence-corrected chi connectivity index (χ4v) is 2.24. The van der Waals surface area contributed by atoms with Crippen LogP contribution >= 0.6 is 27.5 Å². The van der Waals surface area contributed by atoms with E-state index in [1.807, 2.05) is 12.1 Å². The van der Waals surface area contributed by atoms with E-state index in [2.05, 4.69) is 21.2 Å². The van der Waals surface area contributed by atoms with Gasteiger partial charge in [0.15, 0.2) is 0 Å². The molecule has 0 aliphatic heterocycles. The summed E-state index contributed by atoms with van der Waals surface area (Å²) in [5.41, 5.74) is 8.40. The molecule has 3 N–H and O–H groups in total. The van der Waals surface area contributed by atoms with Crippen molar-refractivity contribution in [1.29, 1.82) is 0 Å². The Bertz CT molecular complexity index is 677. The van der Waals surface area contributed by atoms with Crippen molar-refractivity contribution in [1.82, 2.24) is 0 Å². The topological polar surface area (TPSA) is 64.3 Å². The summed E-state index contributed by atoms with van der Waals surface area (Å²) < 4.78 is 5.72. The monoisotopic (exact) mass is 368 g/mol. The average Bonchev–Trinajstić information content (AvgIpc) is 2.45. The number of nitrogen functional groups attached to an aromatic ring is 1. The molecule has 0 aromatic heterocycles. The van der Waals surface area contributed by atoms with Crippen molar-refractivity contribution in [3.8, 4) is 0 Å². The summed E-state index contributed by atoms with van der Waals surface area (Å²) in [6, 6.07) is 10.5. The first kappa shape index (κ1) is 15.7. The van der Waals surface area contributed by atoms with Gasteiger partial charge in [-0.25, -0.2) is 4.79 Å². The molecule has 0 saturated carbocycles. The van der Waals surface area contributed by atoms with Crippen LogP contribution in [0, 0.1) is 0 Å². The largest absolute Gasteiger partial charge is 0.462 e. The summed E-state index contributed by atoms with van der Waals surface area (Å²) in [6.45, 7) is 2.09. The molecule has 0 aliphatic carbocycles. The Morgan fingerprint density at radius 1 is 1.33 bits per heavy atom. The van der Waals surface area contributed by atoms with Crippen LogP contribution in [0.2, 0.25) is 5.02 Å². The van der Waals surface area contributed by atoms with Gasteiger partial charge in [-0.1, -0.05) is 11.6 Å². The lowest BCUT2D eigenvalue weighted by Crippen LogP contribution is -2.06. The maximum absolute atomic E-state index is 11.6. The zero-order valence-electron chi connectivity index (χ0n) is 11.3. The summed E-state index contributed by atoms with van der Waals surface area (Å²) in [5, 5.41) is 3.80. The van der Waals surface area contributed by atoms with Crippen LogP contribution in [0.3, 0.4) is 0 Å². The van der Waals surface area contributed by atoms with E-state index in [0.29, 0.717) is 28.6 Å². The van der Waals surface area contributed by atoms with Crippen LogP contribution in [0.1, 0.15) is 17.3 Å². The Kier molecular flexibility index (Phi) is 5.09. The maximum atomic E-state index is 11.6. The number of anilines is 3. The van der Waals surface area contributed by atoms with Gasteiger partial charge >= 0.3 is 5.97 Å². The highest BCUT2D eigenvalue weighted by Crippen LogP contribution is 2.29. The van der Waals surface area contributed by atoms with Gasteiger partial charge in [-0.15, -0.1) is 0 Å². The number of hydrogen-bond donors (Lipinski definition) is 2. The van der Waals surface area contributed by atoms with Crippen LogP contribution in [-0.2, 0) is 4.74 Å². The van der Waals surface area contributed by atoms with Gasteiger partial charge in [-0.3, -0.25) is 0 Å². The number of carbonyl (C=O) groups excluding carboxylic acids is 1. The zero-order valence-corrected chi connectivity index (χ0v) is 13.7. The SMILES string of the molecule is CCOC(=O)c1ccc(Nc2ccc(Cl)c(Br)c2)c(N)c1. The minimum atomic E-state index is -0.384. The van der Waals surface area contributed by atoms with Crippen LogP contribution in [0.25, 0.3) is 0 Å². The number of ether oxygens (including phenoxy) is 1. The number of nitrogens with two attached hydrogens (primary N) is 1. The molecule has 0 heterocycles. The van der Waals surface area contributed by atoms with E-state index in [1.165, 1.54) is 0 Å². The number of benzene rings is 2. The summed E-state index contributed by atoms with van der Waals surface area (Å²) in [6.07, 6.45) is 0. The number of hydrogen-bond acceptors (Lipinski definition) is 4. The third-order valence-electron chi connectivity index (χ3n) is 2.76. The van der Waals surface area contributed by atoms with Crippen molar-refractivity contribution in [2.75, 3.05) is 17.7 Å². The van der Waals surface area contributed by atoms with Gasteiger partial charge in [-0.2, -0.15) is 0 Å². The molecule has 0 aliphatic rings. The first-order chi connectivity index (χ1) is 10.0. The van der Waals surface area contributed by atoms with E-state index in [0.717, 1.165) is 10.2 Å². The predicted molar refractivity (Wildman–Crippen MR) is 89.2 cm³/mol. The predicted octanol–water partition coefficient (Wildman–Crippen LogP) is 4.61. The number of rotatable bonds is 4. The third kappa shape index (κ3) is 3.89. The smallest absolute Gasteiger partial charge is 0.338 e. The van der Waals surface area contributed by atoms with E-state index in [1.54, 1.807) is 31.2 Å². The second kappa shape index (κ2) is 6.83. The van der Waals surface area contributed by atoms with Crippen molar-refractivity contribution in [2.45, 2.75) is 6.92 Å². The molecule has 0 fully saturated rings. The van der Waals surface area contributed by atoms with Crippen LogP contribution in [0.4, 0.5) is 17.1 Å². The highest BCUT2D eigenvalue weighted by Gasteiger charge is 2.09. The molecule has 0 unspecified atom stereocenters.